The molecule has 0 radical (unpaired) electrons. The standard InChI is InChI=1S/C16H23N3OS.2ClH/c1-2-20-13-6-7-14-15(12-13)18-16(17-14)21-11-10-19-8-4-3-5-9-19;;/h6-7,12H,2-5,8-11H2,1H3,(H,17,18);2*1H. The van der Waals surface area contributed by atoms with Crippen molar-refractivity contribution < 1.29 is 4.74 Å². The average Bonchev–Trinajstić information content (AvgIpc) is 2.91. The van der Waals surface area contributed by atoms with Crippen LogP contribution in [-0.4, -0.2) is 46.9 Å². The molecule has 23 heavy (non-hydrogen) atoms. The number of hydrogen-bond acceptors (Lipinski definition) is 4. The molecule has 0 aliphatic carbocycles. The van der Waals surface area contributed by atoms with Crippen LogP contribution in [0.2, 0.25) is 0 Å². The van der Waals surface area contributed by atoms with Gasteiger partial charge in [-0.3, -0.25) is 0 Å². The summed E-state index contributed by atoms with van der Waals surface area (Å²) in [5, 5.41) is 1.01. The molecule has 1 saturated heterocycles. The Morgan fingerprint density at radius 2 is 2.00 bits per heavy atom. The Bertz CT molecular complexity index is 588. The minimum Gasteiger partial charge on any atom is -0.494 e. The molecule has 2 aromatic rings. The third-order valence-corrected chi connectivity index (χ3v) is 4.69. The maximum absolute atomic E-state index is 5.52. The molecular formula is C16H25Cl2N3OS. The number of nitrogens with one attached hydrogen (secondary N) is 1. The first-order valence-corrected chi connectivity index (χ1v) is 8.81. The first-order valence-electron chi connectivity index (χ1n) is 7.83. The molecule has 3 rings (SSSR count). The highest BCUT2D eigenvalue weighted by atomic mass is 35.5. The van der Waals surface area contributed by atoms with Gasteiger partial charge in [-0.15, -0.1) is 24.8 Å². The van der Waals surface area contributed by atoms with Crippen LogP contribution in [0.5, 0.6) is 5.75 Å². The van der Waals surface area contributed by atoms with E-state index in [1.165, 1.54) is 32.4 Å². The summed E-state index contributed by atoms with van der Waals surface area (Å²) in [4.78, 5) is 10.6. The number of H-pyrrole nitrogens is 1. The number of halogens is 2. The lowest BCUT2D eigenvalue weighted by Crippen LogP contribution is -2.31. The molecule has 1 aromatic heterocycles. The van der Waals surface area contributed by atoms with E-state index in [1.807, 2.05) is 36.9 Å². The van der Waals surface area contributed by atoms with Gasteiger partial charge >= 0.3 is 0 Å². The maximum atomic E-state index is 5.52. The van der Waals surface area contributed by atoms with Gasteiger partial charge in [-0.1, -0.05) is 18.2 Å². The monoisotopic (exact) mass is 377 g/mol. The fourth-order valence-corrected chi connectivity index (χ4v) is 3.63. The minimum absolute atomic E-state index is 0. The number of nitrogens with zero attached hydrogens (tertiary/aromatic N) is 2. The third-order valence-electron chi connectivity index (χ3n) is 3.84. The zero-order valence-corrected chi connectivity index (χ0v) is 15.9. The maximum Gasteiger partial charge on any atom is 0.166 e. The summed E-state index contributed by atoms with van der Waals surface area (Å²) in [6, 6.07) is 6.03. The number of fused-ring (bicyclic) bond motifs is 1. The van der Waals surface area contributed by atoms with E-state index in [1.54, 1.807) is 0 Å². The number of hydrogen-bond donors (Lipinski definition) is 1. The Morgan fingerprint density at radius 1 is 1.22 bits per heavy atom. The van der Waals surface area contributed by atoms with Crippen molar-refractivity contribution in [3.63, 3.8) is 0 Å². The molecule has 1 aliphatic rings. The third kappa shape index (κ3) is 5.75. The summed E-state index contributed by atoms with van der Waals surface area (Å²) < 4.78 is 5.52. The van der Waals surface area contributed by atoms with Gasteiger partial charge in [-0.2, -0.15) is 0 Å². The quantitative estimate of drug-likeness (QED) is 0.758. The van der Waals surface area contributed by atoms with Crippen LogP contribution in [0, 0.1) is 0 Å². The lowest BCUT2D eigenvalue weighted by atomic mass is 10.1. The van der Waals surface area contributed by atoms with Crippen molar-refractivity contribution in [3.8, 4) is 5.75 Å². The number of likely N-dealkylation sites (tertiary alicyclic amines) is 1. The number of piperidine rings is 1. The lowest BCUT2D eigenvalue weighted by Gasteiger charge is -2.25. The summed E-state index contributed by atoms with van der Waals surface area (Å²) in [6.07, 6.45) is 4.11. The SMILES string of the molecule is CCOc1ccc2nc(SCCN3CCCCC3)[nH]c2c1.Cl.Cl. The Labute approximate surface area is 154 Å². The van der Waals surface area contributed by atoms with Crippen LogP contribution in [-0.2, 0) is 0 Å². The Morgan fingerprint density at radius 3 is 2.74 bits per heavy atom. The molecule has 1 aromatic carbocycles. The van der Waals surface area contributed by atoms with E-state index in [2.05, 4.69) is 14.9 Å². The van der Waals surface area contributed by atoms with Gasteiger partial charge in [0.25, 0.3) is 0 Å². The molecular weight excluding hydrogens is 353 g/mol. The van der Waals surface area contributed by atoms with E-state index >= 15 is 0 Å². The second-order valence-corrected chi connectivity index (χ2v) is 6.49. The van der Waals surface area contributed by atoms with Gasteiger partial charge in [-0.05, 0) is 45.0 Å². The molecule has 130 valence electrons. The molecule has 0 saturated carbocycles. The summed E-state index contributed by atoms with van der Waals surface area (Å²) in [6.45, 7) is 6.37. The first-order chi connectivity index (χ1) is 10.3. The molecule has 7 heteroatoms. The Kier molecular flexibility index (Phi) is 9.14. The van der Waals surface area contributed by atoms with E-state index < -0.39 is 0 Å². The molecule has 4 nitrogen and oxygen atoms in total. The van der Waals surface area contributed by atoms with Crippen molar-refractivity contribution in [1.82, 2.24) is 14.9 Å². The predicted molar refractivity (Wildman–Crippen MR) is 103 cm³/mol. The van der Waals surface area contributed by atoms with Gasteiger partial charge in [0.15, 0.2) is 5.16 Å². The van der Waals surface area contributed by atoms with E-state index in [9.17, 15) is 0 Å². The van der Waals surface area contributed by atoms with Crippen molar-refractivity contribution in [3.05, 3.63) is 18.2 Å². The number of aromatic amines is 1. The zero-order valence-electron chi connectivity index (χ0n) is 13.4. The Hall–Kier alpha value is -0.620. The van der Waals surface area contributed by atoms with Gasteiger partial charge in [0, 0.05) is 18.4 Å². The fourth-order valence-electron chi connectivity index (χ4n) is 2.74. The van der Waals surface area contributed by atoms with Gasteiger partial charge < -0.3 is 14.6 Å². The highest BCUT2D eigenvalue weighted by Crippen LogP contribution is 2.23. The van der Waals surface area contributed by atoms with Gasteiger partial charge in [0.05, 0.1) is 17.6 Å². The number of imidazole rings is 1. The normalized spacial score (nSPS) is 15.0. The minimum atomic E-state index is 0. The van der Waals surface area contributed by atoms with Crippen LogP contribution in [0.4, 0.5) is 0 Å². The van der Waals surface area contributed by atoms with E-state index in [-0.39, 0.29) is 24.8 Å². The molecule has 0 spiro atoms. The van der Waals surface area contributed by atoms with Gasteiger partial charge in [0.2, 0.25) is 0 Å². The molecule has 2 heterocycles. The van der Waals surface area contributed by atoms with Crippen molar-refractivity contribution >= 4 is 47.6 Å². The number of thioether (sulfide) groups is 1. The zero-order chi connectivity index (χ0) is 14.5. The molecule has 1 N–H and O–H groups in total. The second-order valence-electron chi connectivity index (χ2n) is 5.40. The topological polar surface area (TPSA) is 41.1 Å². The molecule has 0 unspecified atom stereocenters. The first kappa shape index (κ1) is 20.4. The van der Waals surface area contributed by atoms with Gasteiger partial charge in [-0.25, -0.2) is 4.98 Å². The van der Waals surface area contributed by atoms with Crippen LogP contribution in [0.25, 0.3) is 11.0 Å². The van der Waals surface area contributed by atoms with E-state index in [4.69, 9.17) is 4.74 Å². The molecule has 0 bridgehead atoms. The van der Waals surface area contributed by atoms with Crippen LogP contribution in [0.15, 0.2) is 23.4 Å². The highest BCUT2D eigenvalue weighted by molar-refractivity contribution is 7.99. The van der Waals surface area contributed by atoms with E-state index in [0.717, 1.165) is 34.2 Å². The smallest absolute Gasteiger partial charge is 0.166 e. The fraction of sp³-hybridized carbons (Fsp3) is 0.562. The second kappa shape index (κ2) is 10.3. The number of benzene rings is 1. The molecule has 1 fully saturated rings. The summed E-state index contributed by atoms with van der Waals surface area (Å²) in [5.74, 6) is 2.00. The number of aromatic nitrogens is 2. The van der Waals surface area contributed by atoms with Crippen molar-refractivity contribution in [1.29, 1.82) is 0 Å². The van der Waals surface area contributed by atoms with E-state index in [0.29, 0.717) is 6.61 Å². The van der Waals surface area contributed by atoms with Crippen LogP contribution in [0.3, 0.4) is 0 Å². The average molecular weight is 378 g/mol. The molecule has 0 atom stereocenters. The van der Waals surface area contributed by atoms with Crippen molar-refractivity contribution in [2.75, 3.05) is 32.0 Å². The van der Waals surface area contributed by atoms with Crippen LogP contribution >= 0.6 is 36.6 Å². The summed E-state index contributed by atoms with van der Waals surface area (Å²) in [7, 11) is 0. The lowest BCUT2D eigenvalue weighted by molar-refractivity contribution is 0.242. The number of rotatable bonds is 6. The summed E-state index contributed by atoms with van der Waals surface area (Å²) >= 11 is 1.81. The highest BCUT2D eigenvalue weighted by Gasteiger charge is 2.10. The predicted octanol–water partition coefficient (Wildman–Crippen LogP) is 4.38. The van der Waals surface area contributed by atoms with Crippen LogP contribution < -0.4 is 4.74 Å². The van der Waals surface area contributed by atoms with Gasteiger partial charge in [0.1, 0.15) is 5.75 Å². The molecule has 1 aliphatic heterocycles. The van der Waals surface area contributed by atoms with Crippen LogP contribution in [0.1, 0.15) is 26.2 Å². The largest absolute Gasteiger partial charge is 0.494 e. The van der Waals surface area contributed by atoms with Crippen molar-refractivity contribution in [2.45, 2.75) is 31.3 Å². The summed E-state index contributed by atoms with van der Waals surface area (Å²) in [5.41, 5.74) is 2.07. The molecule has 0 amide bonds. The van der Waals surface area contributed by atoms with Crippen molar-refractivity contribution in [2.24, 2.45) is 0 Å². The Balaban J connectivity index is 0.00000132. The number of ether oxygens (including phenoxy) is 1.